The molecule has 31 heavy (non-hydrogen) atoms. The number of rotatable bonds is 7. The number of carbonyl (C=O) groups excluding carboxylic acids is 2. The molecule has 1 aliphatic heterocycles. The van der Waals surface area contributed by atoms with Gasteiger partial charge in [-0.05, 0) is 48.7 Å². The molecule has 3 aromatic rings. The molecule has 0 spiro atoms. The second-order valence-corrected chi connectivity index (χ2v) is 7.65. The number of methoxy groups -OCH3 is 1. The summed E-state index contributed by atoms with van der Waals surface area (Å²) in [4.78, 5) is 26.8. The molecule has 2 amide bonds. The number of hydrogen-bond donors (Lipinski definition) is 2. The third-order valence-corrected chi connectivity index (χ3v) is 5.64. The van der Waals surface area contributed by atoms with Crippen LogP contribution in [0.5, 0.6) is 5.75 Å². The van der Waals surface area contributed by atoms with Gasteiger partial charge in [0, 0.05) is 24.7 Å². The summed E-state index contributed by atoms with van der Waals surface area (Å²) in [6, 6.07) is 13.0. The summed E-state index contributed by atoms with van der Waals surface area (Å²) in [6.07, 6.45) is 3.63. The third kappa shape index (κ3) is 5.14. The minimum atomic E-state index is -0.244. The normalized spacial score (nSPS) is 14.4. The van der Waals surface area contributed by atoms with E-state index in [0.29, 0.717) is 37.5 Å². The van der Waals surface area contributed by atoms with Crippen molar-refractivity contribution in [2.24, 2.45) is 0 Å². The van der Waals surface area contributed by atoms with E-state index in [-0.39, 0.29) is 17.7 Å². The van der Waals surface area contributed by atoms with Crippen LogP contribution in [-0.2, 0) is 17.8 Å². The number of carbonyl (C=O) groups is 2. The lowest BCUT2D eigenvalue weighted by molar-refractivity contribution is -0.131. The Morgan fingerprint density at radius 2 is 2.00 bits per heavy atom. The van der Waals surface area contributed by atoms with Crippen molar-refractivity contribution in [2.75, 3.05) is 20.2 Å². The van der Waals surface area contributed by atoms with Crippen LogP contribution < -0.4 is 10.1 Å². The molecular formula is C23H26N4O4. The molecule has 0 bridgehead atoms. The van der Waals surface area contributed by atoms with Gasteiger partial charge in [0.15, 0.2) is 0 Å². The van der Waals surface area contributed by atoms with E-state index in [2.05, 4.69) is 15.5 Å². The molecule has 1 aliphatic rings. The lowest BCUT2D eigenvalue weighted by Gasteiger charge is -2.31. The maximum Gasteiger partial charge on any atom is 0.272 e. The second-order valence-electron chi connectivity index (χ2n) is 7.65. The van der Waals surface area contributed by atoms with Crippen LogP contribution in [0.4, 0.5) is 0 Å². The van der Waals surface area contributed by atoms with Crippen LogP contribution in [0, 0.1) is 0 Å². The van der Waals surface area contributed by atoms with Crippen molar-refractivity contribution in [1.29, 1.82) is 0 Å². The van der Waals surface area contributed by atoms with Gasteiger partial charge in [0.05, 0.1) is 26.3 Å². The molecule has 8 nitrogen and oxygen atoms in total. The number of aromatic nitrogens is 2. The minimum Gasteiger partial charge on any atom is -0.497 e. The molecule has 0 radical (unpaired) electrons. The largest absolute Gasteiger partial charge is 0.497 e. The summed E-state index contributed by atoms with van der Waals surface area (Å²) in [6.45, 7) is 1.71. The highest BCUT2D eigenvalue weighted by Gasteiger charge is 2.25. The highest BCUT2D eigenvalue weighted by molar-refractivity contribution is 5.92. The fraction of sp³-hybridized carbons (Fsp3) is 0.348. The van der Waals surface area contributed by atoms with Crippen molar-refractivity contribution in [1.82, 2.24) is 20.4 Å². The number of benzene rings is 1. The van der Waals surface area contributed by atoms with Crippen LogP contribution in [0.25, 0.3) is 0 Å². The standard InChI is InChI=1S/C23H26N4O4/c1-30-18-6-4-16(5-7-18)13-22(28)27-10-8-17(9-11-27)20-14-21(26-25-20)23(29)24-15-19-3-2-12-31-19/h2-7,12,14,17H,8-11,13,15H2,1H3,(H,24,29)(H,25,26). The van der Waals surface area contributed by atoms with E-state index in [1.165, 1.54) is 0 Å². The van der Waals surface area contributed by atoms with E-state index in [4.69, 9.17) is 9.15 Å². The lowest BCUT2D eigenvalue weighted by atomic mass is 9.93. The molecule has 1 aromatic carbocycles. The summed E-state index contributed by atoms with van der Waals surface area (Å²) in [7, 11) is 1.63. The Bertz CT molecular complexity index is 1000. The average Bonchev–Trinajstić information content (AvgIpc) is 3.50. The number of H-pyrrole nitrogens is 1. The zero-order valence-electron chi connectivity index (χ0n) is 17.5. The van der Waals surface area contributed by atoms with Gasteiger partial charge in [-0.3, -0.25) is 14.7 Å². The molecule has 4 rings (SSSR count). The summed E-state index contributed by atoms with van der Waals surface area (Å²) < 4.78 is 10.4. The summed E-state index contributed by atoms with van der Waals surface area (Å²) in [5.74, 6) is 1.61. The first kappa shape index (κ1) is 20.7. The number of amides is 2. The van der Waals surface area contributed by atoms with Gasteiger partial charge in [0.1, 0.15) is 17.2 Å². The van der Waals surface area contributed by atoms with Gasteiger partial charge in [-0.25, -0.2) is 0 Å². The Kier molecular flexibility index (Phi) is 6.35. The van der Waals surface area contributed by atoms with Crippen LogP contribution >= 0.6 is 0 Å². The van der Waals surface area contributed by atoms with Gasteiger partial charge in [0.25, 0.3) is 5.91 Å². The van der Waals surface area contributed by atoms with Gasteiger partial charge in [-0.2, -0.15) is 5.10 Å². The molecule has 1 saturated heterocycles. The molecule has 2 N–H and O–H groups in total. The number of nitrogens with zero attached hydrogens (tertiary/aromatic N) is 2. The van der Waals surface area contributed by atoms with Crippen LogP contribution in [0.3, 0.4) is 0 Å². The zero-order chi connectivity index (χ0) is 21.6. The summed E-state index contributed by atoms with van der Waals surface area (Å²) in [5, 5.41) is 9.95. The number of piperidine rings is 1. The van der Waals surface area contributed by atoms with Crippen molar-refractivity contribution in [2.45, 2.75) is 31.7 Å². The number of hydrogen-bond acceptors (Lipinski definition) is 5. The van der Waals surface area contributed by atoms with Crippen molar-refractivity contribution in [3.63, 3.8) is 0 Å². The van der Waals surface area contributed by atoms with Crippen molar-refractivity contribution in [3.8, 4) is 5.75 Å². The van der Waals surface area contributed by atoms with Crippen LogP contribution in [0.1, 0.15) is 46.3 Å². The van der Waals surface area contributed by atoms with Gasteiger partial charge >= 0.3 is 0 Å². The molecular weight excluding hydrogens is 396 g/mol. The Labute approximate surface area is 180 Å². The van der Waals surface area contributed by atoms with Crippen molar-refractivity contribution < 1.29 is 18.7 Å². The average molecular weight is 422 g/mol. The molecule has 0 aliphatic carbocycles. The number of aromatic amines is 1. The lowest BCUT2D eigenvalue weighted by Crippen LogP contribution is -2.38. The Hall–Kier alpha value is -3.55. The van der Waals surface area contributed by atoms with Gasteiger partial charge in [0.2, 0.25) is 5.91 Å². The van der Waals surface area contributed by atoms with E-state index >= 15 is 0 Å². The zero-order valence-corrected chi connectivity index (χ0v) is 17.5. The number of likely N-dealkylation sites (tertiary alicyclic amines) is 1. The number of furan rings is 1. The van der Waals surface area contributed by atoms with Gasteiger partial charge in [-0.1, -0.05) is 12.1 Å². The molecule has 8 heteroatoms. The van der Waals surface area contributed by atoms with Crippen molar-refractivity contribution >= 4 is 11.8 Å². The summed E-state index contributed by atoms with van der Waals surface area (Å²) in [5.41, 5.74) is 2.27. The smallest absolute Gasteiger partial charge is 0.272 e. The highest BCUT2D eigenvalue weighted by atomic mass is 16.5. The minimum absolute atomic E-state index is 0.131. The number of nitrogens with one attached hydrogen (secondary N) is 2. The highest BCUT2D eigenvalue weighted by Crippen LogP contribution is 2.27. The second kappa shape index (κ2) is 9.51. The topological polar surface area (TPSA) is 100 Å². The molecule has 1 fully saturated rings. The fourth-order valence-electron chi connectivity index (χ4n) is 3.80. The van der Waals surface area contributed by atoms with Crippen LogP contribution in [0.15, 0.2) is 53.1 Å². The van der Waals surface area contributed by atoms with E-state index in [1.807, 2.05) is 29.2 Å². The van der Waals surface area contributed by atoms with E-state index < -0.39 is 0 Å². The molecule has 162 valence electrons. The SMILES string of the molecule is COc1ccc(CC(=O)N2CCC(c3cc(C(=O)NCc4ccco4)n[nH]3)CC2)cc1. The van der Waals surface area contributed by atoms with Gasteiger partial charge in [-0.15, -0.1) is 0 Å². The molecule has 0 unspecified atom stereocenters. The Morgan fingerprint density at radius 1 is 1.23 bits per heavy atom. The molecule has 3 heterocycles. The number of ether oxygens (including phenoxy) is 1. The van der Waals surface area contributed by atoms with Crippen LogP contribution in [-0.4, -0.2) is 47.1 Å². The van der Waals surface area contributed by atoms with E-state index in [1.54, 1.807) is 31.6 Å². The maximum atomic E-state index is 12.6. The third-order valence-electron chi connectivity index (χ3n) is 5.64. The first-order valence-electron chi connectivity index (χ1n) is 10.4. The van der Waals surface area contributed by atoms with E-state index in [0.717, 1.165) is 29.8 Å². The molecule has 0 atom stereocenters. The molecule has 0 saturated carbocycles. The predicted molar refractivity (Wildman–Crippen MR) is 114 cm³/mol. The Morgan fingerprint density at radius 3 is 2.68 bits per heavy atom. The fourth-order valence-corrected chi connectivity index (χ4v) is 3.80. The molecule has 2 aromatic heterocycles. The van der Waals surface area contributed by atoms with Crippen molar-refractivity contribution in [3.05, 3.63) is 71.4 Å². The first-order valence-corrected chi connectivity index (χ1v) is 10.4. The first-order chi connectivity index (χ1) is 15.1. The van der Waals surface area contributed by atoms with Crippen LogP contribution in [0.2, 0.25) is 0 Å². The maximum absolute atomic E-state index is 12.6. The monoisotopic (exact) mass is 422 g/mol. The van der Waals surface area contributed by atoms with E-state index in [9.17, 15) is 9.59 Å². The van der Waals surface area contributed by atoms with Gasteiger partial charge < -0.3 is 19.4 Å². The predicted octanol–water partition coefficient (Wildman–Crippen LogP) is 2.89. The Balaban J connectivity index is 1.26. The summed E-state index contributed by atoms with van der Waals surface area (Å²) >= 11 is 0. The quantitative estimate of drug-likeness (QED) is 0.610.